The summed E-state index contributed by atoms with van der Waals surface area (Å²) in [5, 5.41) is 10.6. The Balaban J connectivity index is 2.60. The van der Waals surface area contributed by atoms with Crippen LogP contribution in [0.25, 0.3) is 11.0 Å². The van der Waals surface area contributed by atoms with E-state index in [0.29, 0.717) is 6.42 Å². The predicted molar refractivity (Wildman–Crippen MR) is 54.7 cm³/mol. The zero-order valence-electron chi connectivity index (χ0n) is 8.23. The Morgan fingerprint density at radius 3 is 2.86 bits per heavy atom. The van der Waals surface area contributed by atoms with Crippen molar-refractivity contribution in [3.05, 3.63) is 30.1 Å². The van der Waals surface area contributed by atoms with E-state index in [0.717, 1.165) is 23.4 Å². The normalized spacial score (nSPS) is 11.0. The molecule has 0 unspecified atom stereocenters. The summed E-state index contributed by atoms with van der Waals surface area (Å²) in [6.45, 7) is 2.85. The van der Waals surface area contributed by atoms with Gasteiger partial charge < -0.3 is 4.57 Å². The summed E-state index contributed by atoms with van der Waals surface area (Å²) in [6, 6.07) is 7.99. The third kappa shape index (κ3) is 1.40. The molecule has 3 heteroatoms. The van der Waals surface area contributed by atoms with E-state index in [1.807, 2.05) is 24.3 Å². The van der Waals surface area contributed by atoms with Crippen LogP contribution in [0.3, 0.4) is 0 Å². The molecule has 1 aromatic carbocycles. The molecule has 0 spiro atoms. The van der Waals surface area contributed by atoms with Gasteiger partial charge in [0.05, 0.1) is 17.6 Å². The van der Waals surface area contributed by atoms with Crippen LogP contribution in [0.1, 0.15) is 12.7 Å². The SMILES string of the molecule is CCn1c(CC[O])nc2ccccc21. The Kier molecular flexibility index (Phi) is 2.50. The number of rotatable bonds is 3. The van der Waals surface area contributed by atoms with Crippen molar-refractivity contribution in [2.45, 2.75) is 19.9 Å². The molecule has 0 atom stereocenters. The van der Waals surface area contributed by atoms with Crippen LogP contribution in [0.4, 0.5) is 0 Å². The zero-order chi connectivity index (χ0) is 9.97. The lowest BCUT2D eigenvalue weighted by Gasteiger charge is -2.03. The molecule has 0 fully saturated rings. The van der Waals surface area contributed by atoms with Crippen molar-refractivity contribution in [1.82, 2.24) is 9.55 Å². The molecule has 1 radical (unpaired) electrons. The van der Waals surface area contributed by atoms with Crippen molar-refractivity contribution in [3.63, 3.8) is 0 Å². The first-order valence-corrected chi connectivity index (χ1v) is 4.89. The summed E-state index contributed by atoms with van der Waals surface area (Å²) in [5.41, 5.74) is 2.11. The molecular weight excluding hydrogens is 176 g/mol. The molecule has 1 heterocycles. The van der Waals surface area contributed by atoms with Crippen molar-refractivity contribution < 1.29 is 5.11 Å². The minimum Gasteiger partial charge on any atom is -0.328 e. The first-order chi connectivity index (χ1) is 6.86. The van der Waals surface area contributed by atoms with Gasteiger partial charge in [-0.15, -0.1) is 0 Å². The second-order valence-electron chi connectivity index (χ2n) is 3.22. The largest absolute Gasteiger partial charge is 0.328 e. The molecule has 0 aliphatic rings. The van der Waals surface area contributed by atoms with Crippen molar-refractivity contribution in [1.29, 1.82) is 0 Å². The molecule has 14 heavy (non-hydrogen) atoms. The summed E-state index contributed by atoms with van der Waals surface area (Å²) < 4.78 is 2.10. The fourth-order valence-corrected chi connectivity index (χ4v) is 1.76. The number of fused-ring (bicyclic) bond motifs is 1. The van der Waals surface area contributed by atoms with Crippen LogP contribution in [0.2, 0.25) is 0 Å². The van der Waals surface area contributed by atoms with E-state index in [2.05, 4.69) is 16.5 Å². The Morgan fingerprint density at radius 1 is 1.36 bits per heavy atom. The van der Waals surface area contributed by atoms with Gasteiger partial charge in [-0.2, -0.15) is 0 Å². The lowest BCUT2D eigenvalue weighted by molar-refractivity contribution is 0.194. The van der Waals surface area contributed by atoms with Gasteiger partial charge in [0, 0.05) is 13.0 Å². The molecule has 73 valence electrons. The number of nitrogens with zero attached hydrogens (tertiary/aromatic N) is 2. The minimum absolute atomic E-state index is 0.0939. The molecule has 2 aromatic rings. The summed E-state index contributed by atoms with van der Waals surface area (Å²) in [7, 11) is 0. The third-order valence-corrected chi connectivity index (χ3v) is 2.38. The summed E-state index contributed by atoms with van der Waals surface area (Å²) in [4.78, 5) is 4.44. The Hall–Kier alpha value is -1.35. The monoisotopic (exact) mass is 189 g/mol. The molecule has 0 N–H and O–H groups in total. The first-order valence-electron chi connectivity index (χ1n) is 4.89. The van der Waals surface area contributed by atoms with Crippen molar-refractivity contribution >= 4 is 11.0 Å². The van der Waals surface area contributed by atoms with Crippen LogP contribution < -0.4 is 0 Å². The van der Waals surface area contributed by atoms with E-state index in [9.17, 15) is 5.11 Å². The fraction of sp³-hybridized carbons (Fsp3) is 0.364. The molecule has 1 aromatic heterocycles. The highest BCUT2D eigenvalue weighted by molar-refractivity contribution is 5.75. The number of aryl methyl sites for hydroxylation is 1. The van der Waals surface area contributed by atoms with E-state index >= 15 is 0 Å². The molecule has 0 bridgehead atoms. The van der Waals surface area contributed by atoms with Gasteiger partial charge in [-0.3, -0.25) is 0 Å². The minimum atomic E-state index is -0.0939. The van der Waals surface area contributed by atoms with Gasteiger partial charge in [0.2, 0.25) is 0 Å². The Morgan fingerprint density at radius 2 is 2.14 bits per heavy atom. The van der Waals surface area contributed by atoms with Crippen LogP contribution in [-0.2, 0) is 18.1 Å². The van der Waals surface area contributed by atoms with Crippen LogP contribution >= 0.6 is 0 Å². The molecule has 0 aliphatic heterocycles. The number of hydrogen-bond donors (Lipinski definition) is 0. The molecule has 0 amide bonds. The molecule has 0 aliphatic carbocycles. The average Bonchev–Trinajstić information content (AvgIpc) is 2.55. The van der Waals surface area contributed by atoms with Crippen LogP contribution in [0.5, 0.6) is 0 Å². The number of aromatic nitrogens is 2. The first kappa shape index (κ1) is 9.21. The molecule has 0 saturated carbocycles. The summed E-state index contributed by atoms with van der Waals surface area (Å²) >= 11 is 0. The Labute approximate surface area is 83.0 Å². The standard InChI is InChI=1S/C11H13N2O/c1-2-13-10-6-4-3-5-9(10)12-11(13)7-8-14/h3-6H,2,7-8H2,1H3. The van der Waals surface area contributed by atoms with Crippen LogP contribution in [0, 0.1) is 0 Å². The molecule has 3 nitrogen and oxygen atoms in total. The predicted octanol–water partition coefficient (Wildman–Crippen LogP) is 2.03. The Bertz CT molecular complexity index is 434. The summed E-state index contributed by atoms with van der Waals surface area (Å²) in [5.74, 6) is 0.906. The molecular formula is C11H13N2O. The zero-order valence-corrected chi connectivity index (χ0v) is 8.23. The molecule has 2 rings (SSSR count). The number of para-hydroxylation sites is 2. The van der Waals surface area contributed by atoms with Crippen LogP contribution in [-0.4, -0.2) is 16.2 Å². The van der Waals surface area contributed by atoms with Gasteiger partial charge in [-0.05, 0) is 19.1 Å². The quantitative estimate of drug-likeness (QED) is 0.728. The maximum Gasteiger partial charge on any atom is 0.112 e. The highest BCUT2D eigenvalue weighted by Crippen LogP contribution is 2.15. The second-order valence-corrected chi connectivity index (χ2v) is 3.22. The van der Waals surface area contributed by atoms with Gasteiger partial charge in [0.15, 0.2) is 0 Å². The van der Waals surface area contributed by atoms with Gasteiger partial charge >= 0.3 is 0 Å². The second kappa shape index (κ2) is 3.80. The van der Waals surface area contributed by atoms with Gasteiger partial charge in [0.1, 0.15) is 5.82 Å². The maximum absolute atomic E-state index is 10.6. The fourth-order valence-electron chi connectivity index (χ4n) is 1.76. The lowest BCUT2D eigenvalue weighted by Crippen LogP contribution is -2.03. The van der Waals surface area contributed by atoms with E-state index in [-0.39, 0.29) is 6.61 Å². The number of imidazole rings is 1. The van der Waals surface area contributed by atoms with Crippen LogP contribution in [0.15, 0.2) is 24.3 Å². The summed E-state index contributed by atoms with van der Waals surface area (Å²) in [6.07, 6.45) is 0.516. The molecule has 0 saturated heterocycles. The number of hydrogen-bond acceptors (Lipinski definition) is 1. The maximum atomic E-state index is 10.6. The van der Waals surface area contributed by atoms with E-state index in [1.54, 1.807) is 0 Å². The van der Waals surface area contributed by atoms with Gasteiger partial charge in [-0.1, -0.05) is 12.1 Å². The van der Waals surface area contributed by atoms with E-state index in [1.165, 1.54) is 0 Å². The average molecular weight is 189 g/mol. The van der Waals surface area contributed by atoms with Crippen molar-refractivity contribution in [2.24, 2.45) is 0 Å². The van der Waals surface area contributed by atoms with Crippen molar-refractivity contribution in [3.8, 4) is 0 Å². The highest BCUT2D eigenvalue weighted by Gasteiger charge is 2.07. The smallest absolute Gasteiger partial charge is 0.112 e. The van der Waals surface area contributed by atoms with E-state index < -0.39 is 0 Å². The topological polar surface area (TPSA) is 37.7 Å². The third-order valence-electron chi connectivity index (χ3n) is 2.38. The van der Waals surface area contributed by atoms with Crippen molar-refractivity contribution in [2.75, 3.05) is 6.61 Å². The van der Waals surface area contributed by atoms with E-state index in [4.69, 9.17) is 0 Å². The number of benzene rings is 1. The van der Waals surface area contributed by atoms with Gasteiger partial charge in [0.25, 0.3) is 0 Å². The van der Waals surface area contributed by atoms with Gasteiger partial charge in [-0.25, -0.2) is 10.1 Å². The lowest BCUT2D eigenvalue weighted by atomic mass is 10.3. The highest BCUT2D eigenvalue weighted by atomic mass is 16.3.